The van der Waals surface area contributed by atoms with Crippen LogP contribution in [0, 0.1) is 0 Å². The Hall–Kier alpha value is -1.47. The van der Waals surface area contributed by atoms with E-state index in [1.54, 1.807) is 0 Å². The molecule has 1 fully saturated rings. The first-order valence-electron chi connectivity index (χ1n) is 4.90. The Morgan fingerprint density at radius 2 is 2.25 bits per heavy atom. The first-order valence-corrected chi connectivity index (χ1v) is 4.90. The molecular weight excluding hydrogens is 219 g/mol. The molecule has 2 atom stereocenters. The third-order valence-corrected chi connectivity index (χ3v) is 2.56. The van der Waals surface area contributed by atoms with Crippen molar-refractivity contribution in [3.63, 3.8) is 0 Å². The van der Waals surface area contributed by atoms with E-state index in [-0.39, 0.29) is 12.7 Å². The molecule has 1 aromatic heterocycles. The Kier molecular flexibility index (Phi) is 2.88. The van der Waals surface area contributed by atoms with Crippen molar-refractivity contribution in [2.24, 2.45) is 0 Å². The van der Waals surface area contributed by atoms with Crippen molar-refractivity contribution < 1.29 is 14.3 Å². The molecule has 0 aliphatic carbocycles. The van der Waals surface area contributed by atoms with E-state index in [1.165, 1.54) is 6.20 Å². The van der Waals surface area contributed by atoms with Gasteiger partial charge in [-0.05, 0) is 12.8 Å². The molecule has 1 N–H and O–H groups in total. The first-order chi connectivity index (χ1) is 7.63. The molecule has 6 nitrogen and oxygen atoms in total. The van der Waals surface area contributed by atoms with Crippen LogP contribution in [-0.2, 0) is 4.74 Å². The smallest absolute Gasteiger partial charge is 0.362 e. The van der Waals surface area contributed by atoms with Gasteiger partial charge in [-0.25, -0.2) is 4.79 Å². The second-order valence-corrected chi connectivity index (χ2v) is 3.60. The Labute approximate surface area is 89.4 Å². The SMILES string of the molecule is O=c1ccn([C@@H]2CC[C@H](CO)O2)c(=O)n1F. The van der Waals surface area contributed by atoms with E-state index >= 15 is 0 Å². The third kappa shape index (κ3) is 1.79. The van der Waals surface area contributed by atoms with E-state index in [0.29, 0.717) is 12.8 Å². The van der Waals surface area contributed by atoms with E-state index in [4.69, 9.17) is 9.84 Å². The van der Waals surface area contributed by atoms with Crippen LogP contribution in [0.4, 0.5) is 4.48 Å². The van der Waals surface area contributed by atoms with E-state index in [9.17, 15) is 14.1 Å². The molecular formula is C9H11FN2O4. The van der Waals surface area contributed by atoms with Crippen LogP contribution in [0.2, 0.25) is 0 Å². The molecule has 1 aliphatic rings. The fraction of sp³-hybridized carbons (Fsp3) is 0.556. The molecule has 1 aromatic rings. The summed E-state index contributed by atoms with van der Waals surface area (Å²) in [6.45, 7) is -0.138. The van der Waals surface area contributed by atoms with Crippen molar-refractivity contribution >= 4 is 0 Å². The number of hydrogen-bond acceptors (Lipinski definition) is 4. The number of nitrogens with zero attached hydrogens (tertiary/aromatic N) is 2. The van der Waals surface area contributed by atoms with Gasteiger partial charge >= 0.3 is 5.69 Å². The molecule has 0 radical (unpaired) electrons. The van der Waals surface area contributed by atoms with Crippen molar-refractivity contribution in [3.8, 4) is 0 Å². The number of hydrogen-bond donors (Lipinski definition) is 1. The fourth-order valence-electron chi connectivity index (χ4n) is 1.71. The first kappa shape index (κ1) is 11.0. The van der Waals surface area contributed by atoms with E-state index in [0.717, 1.165) is 10.6 Å². The fourth-order valence-corrected chi connectivity index (χ4v) is 1.71. The van der Waals surface area contributed by atoms with Gasteiger partial charge in [-0.3, -0.25) is 9.36 Å². The van der Waals surface area contributed by atoms with Crippen LogP contribution in [-0.4, -0.2) is 27.2 Å². The monoisotopic (exact) mass is 230 g/mol. The Balaban J connectivity index is 2.33. The Bertz CT molecular complexity index is 495. The maximum Gasteiger partial charge on any atom is 0.362 e. The van der Waals surface area contributed by atoms with E-state index in [1.807, 2.05) is 0 Å². The summed E-state index contributed by atoms with van der Waals surface area (Å²) in [6, 6.07) is 0.955. The lowest BCUT2D eigenvalue weighted by atomic mass is 10.2. The summed E-state index contributed by atoms with van der Waals surface area (Å²) in [4.78, 5) is 21.7. The second kappa shape index (κ2) is 4.18. The highest BCUT2D eigenvalue weighted by Crippen LogP contribution is 2.26. The zero-order valence-electron chi connectivity index (χ0n) is 8.38. The molecule has 16 heavy (non-hydrogen) atoms. The largest absolute Gasteiger partial charge is 0.394 e. The normalized spacial score (nSPS) is 24.9. The molecule has 1 aliphatic heterocycles. The lowest BCUT2D eigenvalue weighted by Gasteiger charge is -2.14. The van der Waals surface area contributed by atoms with Crippen LogP contribution < -0.4 is 11.2 Å². The average Bonchev–Trinajstić information content (AvgIpc) is 2.74. The number of aliphatic hydroxyl groups is 1. The Morgan fingerprint density at radius 3 is 2.88 bits per heavy atom. The summed E-state index contributed by atoms with van der Waals surface area (Å²) in [5.74, 6) is 0. The molecule has 0 spiro atoms. The van der Waals surface area contributed by atoms with Crippen molar-refractivity contribution in [1.82, 2.24) is 9.36 Å². The van der Waals surface area contributed by atoms with Gasteiger partial charge in [-0.2, -0.15) is 0 Å². The van der Waals surface area contributed by atoms with Gasteiger partial charge in [0.25, 0.3) is 5.56 Å². The van der Waals surface area contributed by atoms with Crippen LogP contribution in [0.1, 0.15) is 19.1 Å². The molecule has 88 valence electrons. The van der Waals surface area contributed by atoms with Crippen LogP contribution in [0.3, 0.4) is 0 Å². The van der Waals surface area contributed by atoms with Crippen LogP contribution in [0.5, 0.6) is 0 Å². The van der Waals surface area contributed by atoms with Gasteiger partial charge in [0.15, 0.2) is 0 Å². The lowest BCUT2D eigenvalue weighted by molar-refractivity contribution is -0.0262. The third-order valence-electron chi connectivity index (χ3n) is 2.56. The molecule has 0 amide bonds. The van der Waals surface area contributed by atoms with Gasteiger partial charge in [0, 0.05) is 12.3 Å². The highest BCUT2D eigenvalue weighted by Gasteiger charge is 2.27. The lowest BCUT2D eigenvalue weighted by Crippen LogP contribution is -2.37. The Morgan fingerprint density at radius 1 is 1.50 bits per heavy atom. The average molecular weight is 230 g/mol. The van der Waals surface area contributed by atoms with E-state index < -0.39 is 22.3 Å². The molecule has 0 aromatic carbocycles. The molecule has 0 unspecified atom stereocenters. The van der Waals surface area contributed by atoms with Gasteiger partial charge in [0.1, 0.15) is 6.23 Å². The summed E-state index contributed by atoms with van der Waals surface area (Å²) >= 11 is 0. The van der Waals surface area contributed by atoms with Gasteiger partial charge in [-0.15, -0.1) is 0 Å². The summed E-state index contributed by atoms with van der Waals surface area (Å²) in [6.07, 6.45) is 1.34. The maximum atomic E-state index is 13.0. The van der Waals surface area contributed by atoms with Crippen molar-refractivity contribution in [2.75, 3.05) is 6.61 Å². The molecule has 7 heteroatoms. The van der Waals surface area contributed by atoms with Crippen molar-refractivity contribution in [2.45, 2.75) is 25.2 Å². The van der Waals surface area contributed by atoms with Crippen LogP contribution in [0.25, 0.3) is 0 Å². The topological polar surface area (TPSA) is 73.5 Å². The van der Waals surface area contributed by atoms with Crippen LogP contribution in [0.15, 0.2) is 21.9 Å². The predicted molar refractivity (Wildman–Crippen MR) is 51.7 cm³/mol. The standard InChI is InChI=1S/C9H11FN2O4/c10-12-7(14)3-4-11(9(12)15)8-2-1-6(5-13)16-8/h3-4,6,8,13H,1-2,5H2/t6-,8+/m1/s1. The number of ether oxygens (including phenoxy) is 1. The second-order valence-electron chi connectivity index (χ2n) is 3.60. The van der Waals surface area contributed by atoms with Gasteiger partial charge in [0.05, 0.1) is 12.7 Å². The van der Waals surface area contributed by atoms with Gasteiger partial charge < -0.3 is 9.84 Å². The van der Waals surface area contributed by atoms with Crippen molar-refractivity contribution in [3.05, 3.63) is 33.1 Å². The molecule has 0 bridgehead atoms. The summed E-state index contributed by atoms with van der Waals surface area (Å²) in [5.41, 5.74) is -2.06. The minimum atomic E-state index is -1.06. The summed E-state index contributed by atoms with van der Waals surface area (Å²) < 4.78 is 19.3. The maximum absolute atomic E-state index is 13.0. The zero-order chi connectivity index (χ0) is 11.7. The minimum Gasteiger partial charge on any atom is -0.394 e. The quantitative estimate of drug-likeness (QED) is 0.737. The highest BCUT2D eigenvalue weighted by atomic mass is 19.2. The van der Waals surface area contributed by atoms with Gasteiger partial charge in [0.2, 0.25) is 0 Å². The predicted octanol–water partition coefficient (Wildman–Crippen LogP) is -0.587. The number of aromatic nitrogens is 2. The number of halogens is 1. The van der Waals surface area contributed by atoms with E-state index in [2.05, 4.69) is 0 Å². The molecule has 2 rings (SSSR count). The van der Waals surface area contributed by atoms with Crippen molar-refractivity contribution in [1.29, 1.82) is 0 Å². The summed E-state index contributed by atoms with van der Waals surface area (Å²) in [7, 11) is 0. The zero-order valence-corrected chi connectivity index (χ0v) is 8.38. The van der Waals surface area contributed by atoms with Crippen LogP contribution >= 0.6 is 0 Å². The number of aliphatic hydroxyl groups excluding tert-OH is 1. The number of rotatable bonds is 2. The van der Waals surface area contributed by atoms with Gasteiger partial charge in [-0.1, -0.05) is 9.27 Å². The molecule has 0 saturated carbocycles. The molecule has 1 saturated heterocycles. The highest BCUT2D eigenvalue weighted by molar-refractivity contribution is 4.87. The molecule has 2 heterocycles. The minimum absolute atomic E-state index is 0.138. The summed E-state index contributed by atoms with van der Waals surface area (Å²) in [5, 5.41) is 8.86.